The van der Waals surface area contributed by atoms with E-state index >= 15 is 0 Å². The topological polar surface area (TPSA) is 129 Å². The van der Waals surface area contributed by atoms with Crippen LogP contribution >= 0.6 is 0 Å². The molecule has 0 saturated carbocycles. The Morgan fingerprint density at radius 2 is 1.14 bits per heavy atom. The molecule has 7 nitrogen and oxygen atoms in total. The summed E-state index contributed by atoms with van der Waals surface area (Å²) in [6.45, 7) is 6.16. The molecule has 0 bridgehead atoms. The minimum Gasteiger partial charge on any atom is -0.481 e. The second kappa shape index (κ2) is 23.2. The maximum absolute atomic E-state index is 10.2. The summed E-state index contributed by atoms with van der Waals surface area (Å²) in [6.07, 6.45) is 18.7. The summed E-state index contributed by atoms with van der Waals surface area (Å²) in [5.74, 6) is -3.50. The van der Waals surface area contributed by atoms with Gasteiger partial charge in [0.15, 0.2) is 5.25 Å². The molecule has 0 aliphatic heterocycles. The van der Waals surface area contributed by atoms with Crippen molar-refractivity contribution in [1.29, 1.82) is 0 Å². The Morgan fingerprint density at radius 1 is 0.793 bits per heavy atom. The maximum atomic E-state index is 10.2. The predicted octanol–water partition coefficient (Wildman–Crippen LogP) is 2.11. The first-order valence-electron chi connectivity index (χ1n) is 10.4. The standard InChI is InChI=1S/C16H33.C4H6O7S.K/c1-3-5-7-9-11-13-15-16-14-12-10-8-6-4-2;5-3(6)1-2(4(7)8)12(9,10)11;/h1,3-16H2,2H3;2H,1H2,(H,5,6)(H,7,8)(H,9,10,11);/q-1;;+1. The summed E-state index contributed by atoms with van der Waals surface area (Å²) in [4.78, 5) is 20.0. The van der Waals surface area contributed by atoms with E-state index in [0.717, 1.165) is 6.42 Å². The Kier molecular flexibility index (Phi) is 27.2. The first-order chi connectivity index (χ1) is 13.2. The van der Waals surface area contributed by atoms with E-state index in [1.807, 2.05) is 0 Å². The zero-order chi connectivity index (χ0) is 21.8. The number of unbranched alkanes of at least 4 members (excludes halogenated alkanes) is 13. The molecule has 0 fully saturated rings. The second-order valence-corrected chi connectivity index (χ2v) is 8.63. The Hall–Kier alpha value is 0.486. The number of rotatable bonds is 17. The fourth-order valence-electron chi connectivity index (χ4n) is 2.67. The van der Waals surface area contributed by atoms with Crippen LogP contribution < -0.4 is 51.4 Å². The van der Waals surface area contributed by atoms with Crippen LogP contribution in [-0.2, 0) is 19.7 Å². The van der Waals surface area contributed by atoms with E-state index < -0.39 is 33.7 Å². The zero-order valence-corrected chi connectivity index (χ0v) is 22.2. The summed E-state index contributed by atoms with van der Waals surface area (Å²) in [5.41, 5.74) is 0. The number of aliphatic carboxylic acids is 2. The minimum atomic E-state index is -4.84. The molecule has 0 spiro atoms. The third-order valence-corrected chi connectivity index (χ3v) is 5.44. The first kappa shape index (κ1) is 34.1. The van der Waals surface area contributed by atoms with Crippen molar-refractivity contribution in [2.45, 2.75) is 108 Å². The molecule has 0 saturated heterocycles. The summed E-state index contributed by atoms with van der Waals surface area (Å²) in [5, 5.41) is 13.9. The molecule has 0 amide bonds. The van der Waals surface area contributed by atoms with Gasteiger partial charge in [0.05, 0.1) is 6.42 Å². The Bertz CT molecular complexity index is 481. The van der Waals surface area contributed by atoms with E-state index in [1.165, 1.54) is 83.5 Å². The van der Waals surface area contributed by atoms with Gasteiger partial charge in [-0.25, -0.2) is 0 Å². The Balaban J connectivity index is -0.000000468. The van der Waals surface area contributed by atoms with Gasteiger partial charge in [0.1, 0.15) is 0 Å². The van der Waals surface area contributed by atoms with Crippen LogP contribution in [0.15, 0.2) is 0 Å². The van der Waals surface area contributed by atoms with Gasteiger partial charge in [-0.1, -0.05) is 90.4 Å². The van der Waals surface area contributed by atoms with Crippen molar-refractivity contribution in [3.05, 3.63) is 6.92 Å². The van der Waals surface area contributed by atoms with E-state index in [1.54, 1.807) is 0 Å². The number of carbonyl (C=O) groups is 2. The van der Waals surface area contributed by atoms with Crippen molar-refractivity contribution in [3.8, 4) is 0 Å². The van der Waals surface area contributed by atoms with E-state index in [4.69, 9.17) is 14.8 Å². The van der Waals surface area contributed by atoms with Crippen molar-refractivity contribution < 1.29 is 84.2 Å². The van der Waals surface area contributed by atoms with E-state index in [2.05, 4.69) is 13.8 Å². The van der Waals surface area contributed by atoms with Crippen LogP contribution in [0.25, 0.3) is 0 Å². The monoisotopic (exact) mass is 462 g/mol. The van der Waals surface area contributed by atoms with Crippen molar-refractivity contribution in [2.24, 2.45) is 0 Å². The molecule has 0 aromatic rings. The molecule has 168 valence electrons. The molecule has 0 aliphatic carbocycles. The van der Waals surface area contributed by atoms with E-state index in [-0.39, 0.29) is 51.4 Å². The smallest absolute Gasteiger partial charge is 0.481 e. The van der Waals surface area contributed by atoms with Gasteiger partial charge in [-0.15, -0.1) is 0 Å². The van der Waals surface area contributed by atoms with Crippen LogP contribution in [0.2, 0.25) is 0 Å². The van der Waals surface area contributed by atoms with Gasteiger partial charge < -0.3 is 17.1 Å². The summed E-state index contributed by atoms with van der Waals surface area (Å²) in [7, 11) is -4.84. The molecule has 0 radical (unpaired) electrons. The van der Waals surface area contributed by atoms with Crippen LogP contribution in [0.5, 0.6) is 0 Å². The van der Waals surface area contributed by atoms with Crippen LogP contribution in [0.1, 0.15) is 103 Å². The first-order valence-corrected chi connectivity index (χ1v) is 11.9. The van der Waals surface area contributed by atoms with Gasteiger partial charge in [-0.05, 0) is 0 Å². The van der Waals surface area contributed by atoms with Crippen molar-refractivity contribution >= 4 is 22.1 Å². The van der Waals surface area contributed by atoms with Crippen molar-refractivity contribution in [2.75, 3.05) is 0 Å². The number of hydrogen-bond acceptors (Lipinski definition) is 4. The predicted molar refractivity (Wildman–Crippen MR) is 111 cm³/mol. The molecular formula is C20H39KO7S. The molecule has 0 rings (SSSR count). The fourth-order valence-corrected chi connectivity index (χ4v) is 3.28. The van der Waals surface area contributed by atoms with E-state index in [9.17, 15) is 18.0 Å². The fraction of sp³-hybridized carbons (Fsp3) is 0.850. The molecule has 0 aromatic heterocycles. The molecule has 0 aromatic carbocycles. The Morgan fingerprint density at radius 3 is 1.34 bits per heavy atom. The summed E-state index contributed by atoms with van der Waals surface area (Å²) >= 11 is 0. The molecule has 1 atom stereocenters. The minimum absolute atomic E-state index is 0. The molecule has 0 aliphatic rings. The molecular weight excluding hydrogens is 423 g/mol. The third kappa shape index (κ3) is 26.5. The normalized spacial score (nSPS) is 11.7. The Labute approximate surface area is 219 Å². The number of carboxylic acid groups (broad SMARTS) is 2. The number of hydrogen-bond donors (Lipinski definition) is 3. The average Bonchev–Trinajstić information content (AvgIpc) is 2.60. The van der Waals surface area contributed by atoms with Gasteiger partial charge >= 0.3 is 63.3 Å². The molecule has 0 heterocycles. The van der Waals surface area contributed by atoms with Crippen molar-refractivity contribution in [1.82, 2.24) is 0 Å². The zero-order valence-electron chi connectivity index (χ0n) is 18.3. The summed E-state index contributed by atoms with van der Waals surface area (Å²) < 4.78 is 28.7. The quantitative estimate of drug-likeness (QED) is 0.131. The van der Waals surface area contributed by atoms with Crippen LogP contribution in [0, 0.1) is 6.92 Å². The third-order valence-electron chi connectivity index (χ3n) is 4.35. The van der Waals surface area contributed by atoms with E-state index in [0.29, 0.717) is 0 Å². The van der Waals surface area contributed by atoms with Crippen LogP contribution in [0.4, 0.5) is 0 Å². The maximum Gasteiger partial charge on any atom is 1.00 e. The molecule has 1 unspecified atom stereocenters. The average molecular weight is 463 g/mol. The molecule has 29 heavy (non-hydrogen) atoms. The van der Waals surface area contributed by atoms with Gasteiger partial charge in [-0.2, -0.15) is 14.8 Å². The second-order valence-electron chi connectivity index (χ2n) is 7.04. The summed E-state index contributed by atoms with van der Waals surface area (Å²) in [6, 6.07) is 0. The van der Waals surface area contributed by atoms with Gasteiger partial charge in [-0.3, -0.25) is 14.1 Å². The van der Waals surface area contributed by atoms with Crippen LogP contribution in [0.3, 0.4) is 0 Å². The largest absolute Gasteiger partial charge is 1.00 e. The van der Waals surface area contributed by atoms with Gasteiger partial charge in [0.2, 0.25) is 0 Å². The molecule has 3 N–H and O–H groups in total. The van der Waals surface area contributed by atoms with Crippen molar-refractivity contribution in [3.63, 3.8) is 0 Å². The van der Waals surface area contributed by atoms with Gasteiger partial charge in [0.25, 0.3) is 10.1 Å². The molecule has 9 heteroatoms. The van der Waals surface area contributed by atoms with Crippen LogP contribution in [-0.4, -0.2) is 40.4 Å². The SMILES string of the molecule is O=C(O)CC(C(=O)O)S(=O)(=O)O.[CH2-]CCCCCCCCCCCCCCC.[K+]. The van der Waals surface area contributed by atoms with Gasteiger partial charge in [0, 0.05) is 0 Å². The number of carboxylic acids is 2.